The van der Waals surface area contributed by atoms with Gasteiger partial charge in [0.05, 0.1) is 0 Å². The number of carbonyl (C=O) groups is 2. The Labute approximate surface area is 125 Å². The van der Waals surface area contributed by atoms with E-state index in [-0.39, 0.29) is 12.5 Å². The van der Waals surface area contributed by atoms with Gasteiger partial charge < -0.3 is 20.2 Å². The summed E-state index contributed by atoms with van der Waals surface area (Å²) in [4.78, 5) is 26.3. The van der Waals surface area contributed by atoms with Crippen molar-refractivity contribution in [2.45, 2.75) is 13.8 Å². The van der Waals surface area contributed by atoms with E-state index >= 15 is 0 Å². The number of nitrogens with zero attached hydrogens (tertiary/aromatic N) is 2. The van der Waals surface area contributed by atoms with Crippen molar-refractivity contribution in [3.8, 4) is 0 Å². The van der Waals surface area contributed by atoms with Gasteiger partial charge in [0, 0.05) is 32.0 Å². The van der Waals surface area contributed by atoms with E-state index in [0.717, 1.165) is 5.69 Å². The fraction of sp³-hybridized carbons (Fsp3) is 0.467. The molecule has 21 heavy (non-hydrogen) atoms. The molecular weight excluding hydrogens is 270 g/mol. The maximum absolute atomic E-state index is 12.2. The maximum Gasteiger partial charge on any atom is 0.323 e. The number of aliphatic carboxylic acids is 1. The molecule has 0 saturated heterocycles. The van der Waals surface area contributed by atoms with Crippen molar-refractivity contribution in [3.63, 3.8) is 0 Å². The van der Waals surface area contributed by atoms with Gasteiger partial charge in [-0.2, -0.15) is 0 Å². The zero-order valence-corrected chi connectivity index (χ0v) is 13.0. The minimum absolute atomic E-state index is 0.197. The molecular formula is C15H23N3O3. The number of carboxylic acids is 1. The first kappa shape index (κ1) is 16.8. The molecule has 0 aliphatic rings. The number of anilines is 2. The number of benzene rings is 1. The highest BCUT2D eigenvalue weighted by Gasteiger charge is 2.18. The van der Waals surface area contributed by atoms with E-state index in [1.165, 1.54) is 4.90 Å². The molecule has 0 radical (unpaired) electrons. The molecule has 0 aliphatic carbocycles. The molecule has 0 fully saturated rings. The van der Waals surface area contributed by atoms with Crippen LogP contribution in [0.2, 0.25) is 0 Å². The zero-order chi connectivity index (χ0) is 16.0. The van der Waals surface area contributed by atoms with Crippen molar-refractivity contribution in [1.82, 2.24) is 4.90 Å². The lowest BCUT2D eigenvalue weighted by atomic mass is 10.2. The zero-order valence-electron chi connectivity index (χ0n) is 13.0. The summed E-state index contributed by atoms with van der Waals surface area (Å²) in [7, 11) is 3.83. The van der Waals surface area contributed by atoms with Gasteiger partial charge in [-0.05, 0) is 24.1 Å². The third-order valence-electron chi connectivity index (χ3n) is 2.81. The van der Waals surface area contributed by atoms with Crippen LogP contribution in [-0.2, 0) is 4.79 Å². The highest BCUT2D eigenvalue weighted by molar-refractivity contribution is 5.91. The lowest BCUT2D eigenvalue weighted by Crippen LogP contribution is -2.40. The van der Waals surface area contributed by atoms with Crippen LogP contribution in [0.3, 0.4) is 0 Å². The molecule has 116 valence electrons. The van der Waals surface area contributed by atoms with Gasteiger partial charge >= 0.3 is 12.0 Å². The average molecular weight is 293 g/mol. The minimum Gasteiger partial charge on any atom is -0.480 e. The average Bonchev–Trinajstić information content (AvgIpc) is 2.37. The summed E-state index contributed by atoms with van der Waals surface area (Å²) in [6.07, 6.45) is 0. The molecule has 0 heterocycles. The first-order chi connectivity index (χ1) is 9.79. The van der Waals surface area contributed by atoms with Crippen LogP contribution in [0.1, 0.15) is 13.8 Å². The monoisotopic (exact) mass is 293 g/mol. The van der Waals surface area contributed by atoms with Gasteiger partial charge in [-0.25, -0.2) is 4.79 Å². The maximum atomic E-state index is 12.2. The Kier molecular flexibility index (Phi) is 6.02. The summed E-state index contributed by atoms with van der Waals surface area (Å²) in [5, 5.41) is 11.6. The summed E-state index contributed by atoms with van der Waals surface area (Å²) in [5.74, 6) is -0.823. The fourth-order valence-electron chi connectivity index (χ4n) is 1.89. The predicted molar refractivity (Wildman–Crippen MR) is 83.8 cm³/mol. The lowest BCUT2D eigenvalue weighted by Gasteiger charge is -2.23. The molecule has 0 spiro atoms. The first-order valence-corrected chi connectivity index (χ1v) is 6.84. The van der Waals surface area contributed by atoms with Gasteiger partial charge in [0.15, 0.2) is 0 Å². The van der Waals surface area contributed by atoms with E-state index in [4.69, 9.17) is 5.11 Å². The van der Waals surface area contributed by atoms with Crippen LogP contribution in [0.15, 0.2) is 24.3 Å². The summed E-state index contributed by atoms with van der Waals surface area (Å²) in [6, 6.07) is 6.99. The SMILES string of the molecule is CC(C)CN(CC(=O)O)C(=O)Nc1cccc(N(C)C)c1. The molecule has 0 unspecified atom stereocenters. The number of hydrogen-bond donors (Lipinski definition) is 2. The van der Waals surface area contributed by atoms with Gasteiger partial charge in [-0.3, -0.25) is 4.79 Å². The van der Waals surface area contributed by atoms with Crippen LogP contribution in [0.4, 0.5) is 16.2 Å². The second-order valence-electron chi connectivity index (χ2n) is 5.54. The topological polar surface area (TPSA) is 72.9 Å². The van der Waals surface area contributed by atoms with E-state index in [1.807, 2.05) is 51.0 Å². The Morgan fingerprint density at radius 3 is 2.48 bits per heavy atom. The Bertz CT molecular complexity index is 501. The molecule has 0 aromatic heterocycles. The van der Waals surface area contributed by atoms with Crippen LogP contribution in [0.5, 0.6) is 0 Å². The molecule has 0 aliphatic heterocycles. The van der Waals surface area contributed by atoms with Crippen molar-refractivity contribution >= 4 is 23.4 Å². The van der Waals surface area contributed by atoms with Crippen molar-refractivity contribution in [2.24, 2.45) is 5.92 Å². The van der Waals surface area contributed by atoms with Gasteiger partial charge in [0.1, 0.15) is 6.54 Å². The molecule has 1 aromatic carbocycles. The van der Waals surface area contributed by atoms with Crippen LogP contribution in [0.25, 0.3) is 0 Å². The number of carboxylic acid groups (broad SMARTS) is 1. The minimum atomic E-state index is -1.02. The van der Waals surface area contributed by atoms with Crippen LogP contribution >= 0.6 is 0 Å². The number of hydrogen-bond acceptors (Lipinski definition) is 3. The Morgan fingerprint density at radius 2 is 1.95 bits per heavy atom. The fourth-order valence-corrected chi connectivity index (χ4v) is 1.89. The van der Waals surface area contributed by atoms with E-state index in [9.17, 15) is 9.59 Å². The summed E-state index contributed by atoms with van der Waals surface area (Å²) < 4.78 is 0. The molecule has 2 amide bonds. The summed E-state index contributed by atoms with van der Waals surface area (Å²) in [6.45, 7) is 3.96. The second-order valence-corrected chi connectivity index (χ2v) is 5.54. The van der Waals surface area contributed by atoms with E-state index in [0.29, 0.717) is 12.2 Å². The van der Waals surface area contributed by atoms with Crippen LogP contribution < -0.4 is 10.2 Å². The van der Waals surface area contributed by atoms with E-state index < -0.39 is 12.0 Å². The quantitative estimate of drug-likeness (QED) is 0.844. The summed E-state index contributed by atoms with van der Waals surface area (Å²) in [5.41, 5.74) is 1.60. The van der Waals surface area contributed by atoms with Crippen molar-refractivity contribution in [1.29, 1.82) is 0 Å². The standard InChI is InChI=1S/C15H23N3O3/c1-11(2)9-18(10-14(19)20)15(21)16-12-6-5-7-13(8-12)17(3)4/h5-8,11H,9-10H2,1-4H3,(H,16,21)(H,19,20). The molecule has 0 bridgehead atoms. The normalized spacial score (nSPS) is 10.3. The molecule has 1 aromatic rings. The van der Waals surface area contributed by atoms with Crippen molar-refractivity contribution in [3.05, 3.63) is 24.3 Å². The summed E-state index contributed by atoms with van der Waals surface area (Å²) >= 11 is 0. The van der Waals surface area contributed by atoms with Crippen LogP contribution in [0, 0.1) is 5.92 Å². The third kappa shape index (κ3) is 5.72. The van der Waals surface area contributed by atoms with Gasteiger partial charge in [0.25, 0.3) is 0 Å². The smallest absolute Gasteiger partial charge is 0.323 e. The number of carbonyl (C=O) groups excluding carboxylic acids is 1. The Balaban J connectivity index is 2.80. The van der Waals surface area contributed by atoms with Gasteiger partial charge in [-0.1, -0.05) is 19.9 Å². The van der Waals surface area contributed by atoms with Crippen molar-refractivity contribution in [2.75, 3.05) is 37.4 Å². The third-order valence-corrected chi connectivity index (χ3v) is 2.81. The lowest BCUT2D eigenvalue weighted by molar-refractivity contribution is -0.137. The molecule has 2 N–H and O–H groups in total. The Morgan fingerprint density at radius 1 is 1.29 bits per heavy atom. The van der Waals surface area contributed by atoms with Gasteiger partial charge in [-0.15, -0.1) is 0 Å². The molecule has 0 atom stereocenters. The molecule has 0 saturated carbocycles. The number of urea groups is 1. The highest BCUT2D eigenvalue weighted by Crippen LogP contribution is 2.17. The molecule has 6 heteroatoms. The number of amides is 2. The number of rotatable bonds is 6. The number of nitrogens with one attached hydrogen (secondary N) is 1. The first-order valence-electron chi connectivity index (χ1n) is 6.84. The second kappa shape index (κ2) is 7.52. The molecule has 1 rings (SSSR count). The van der Waals surface area contributed by atoms with E-state index in [1.54, 1.807) is 6.07 Å². The van der Waals surface area contributed by atoms with Crippen LogP contribution in [-0.4, -0.2) is 49.2 Å². The molecule has 6 nitrogen and oxygen atoms in total. The van der Waals surface area contributed by atoms with Gasteiger partial charge in [0.2, 0.25) is 0 Å². The predicted octanol–water partition coefficient (Wildman–Crippen LogP) is 2.33. The van der Waals surface area contributed by atoms with Crippen molar-refractivity contribution < 1.29 is 14.7 Å². The largest absolute Gasteiger partial charge is 0.480 e. The van der Waals surface area contributed by atoms with E-state index in [2.05, 4.69) is 5.32 Å². The Hall–Kier alpha value is -2.24. The highest BCUT2D eigenvalue weighted by atomic mass is 16.4.